The Kier molecular flexibility index (Phi) is 7.91. The number of nitrogens with zero attached hydrogens (tertiary/aromatic N) is 2. The number of carbonyl (C=O) groups is 2. The van der Waals surface area contributed by atoms with Crippen LogP contribution >= 0.6 is 15.9 Å². The summed E-state index contributed by atoms with van der Waals surface area (Å²) < 4.78 is 50.9. The Balaban J connectivity index is 1.57. The lowest BCUT2D eigenvalue weighted by Crippen LogP contribution is -2.42. The minimum atomic E-state index is -4.50. The van der Waals surface area contributed by atoms with Crippen LogP contribution in [0.1, 0.15) is 15.9 Å². The van der Waals surface area contributed by atoms with Crippen LogP contribution < -0.4 is 19.3 Å². The van der Waals surface area contributed by atoms with Gasteiger partial charge in [-0.2, -0.15) is 13.2 Å². The molecule has 0 fully saturated rings. The molecule has 0 radical (unpaired) electrons. The molecule has 1 heterocycles. The standard InChI is InChI=1S/C26H22BrF3N2O5/c27-19-8-10-20(11-9-19)32(25(35)17-4-6-18(7-5-17)26(28,29)30)13-12-31-14-15-36-24-21(31)2-1-3-22(24)37-16-23(33)34/h1-11H,12-16H2,(H,33,34). The minimum Gasteiger partial charge on any atom is -0.486 e. The number of ether oxygens (including phenoxy) is 2. The number of fused-ring (bicyclic) bond motifs is 1. The number of benzene rings is 3. The number of rotatable bonds is 8. The molecule has 3 aromatic carbocycles. The van der Waals surface area contributed by atoms with Gasteiger partial charge < -0.3 is 24.4 Å². The van der Waals surface area contributed by atoms with Gasteiger partial charge in [-0.05, 0) is 60.7 Å². The largest absolute Gasteiger partial charge is 0.486 e. The van der Waals surface area contributed by atoms with Crippen LogP contribution in [-0.2, 0) is 11.0 Å². The van der Waals surface area contributed by atoms with Crippen molar-refractivity contribution in [2.45, 2.75) is 6.18 Å². The van der Waals surface area contributed by atoms with Crippen LogP contribution in [0, 0.1) is 0 Å². The number of amides is 1. The fourth-order valence-corrected chi connectivity index (χ4v) is 4.17. The Labute approximate surface area is 219 Å². The topological polar surface area (TPSA) is 79.3 Å². The van der Waals surface area contributed by atoms with Gasteiger partial charge in [0.05, 0.1) is 17.8 Å². The molecule has 0 unspecified atom stereocenters. The summed E-state index contributed by atoms with van der Waals surface area (Å²) in [5.41, 5.74) is 0.569. The second kappa shape index (κ2) is 11.1. The lowest BCUT2D eigenvalue weighted by Gasteiger charge is -2.34. The Bertz CT molecular complexity index is 1270. The van der Waals surface area contributed by atoms with Crippen molar-refractivity contribution in [1.82, 2.24) is 0 Å². The van der Waals surface area contributed by atoms with Crippen LogP contribution in [0.3, 0.4) is 0 Å². The van der Waals surface area contributed by atoms with Crippen molar-refractivity contribution in [3.05, 3.63) is 82.3 Å². The summed E-state index contributed by atoms with van der Waals surface area (Å²) in [4.78, 5) is 27.8. The molecule has 0 saturated carbocycles. The normalized spacial score (nSPS) is 12.9. The maximum atomic E-state index is 13.4. The molecule has 11 heteroatoms. The maximum absolute atomic E-state index is 13.4. The van der Waals surface area contributed by atoms with Gasteiger partial charge in [0.15, 0.2) is 18.1 Å². The molecule has 37 heavy (non-hydrogen) atoms. The number of carboxylic acid groups (broad SMARTS) is 1. The number of hydrogen-bond donors (Lipinski definition) is 1. The molecule has 1 amide bonds. The van der Waals surface area contributed by atoms with Crippen molar-refractivity contribution in [1.29, 1.82) is 0 Å². The first-order chi connectivity index (χ1) is 17.6. The molecule has 0 aliphatic carbocycles. The second-order valence-electron chi connectivity index (χ2n) is 8.13. The average Bonchev–Trinajstić information content (AvgIpc) is 2.88. The van der Waals surface area contributed by atoms with Crippen molar-refractivity contribution in [2.75, 3.05) is 42.6 Å². The zero-order valence-electron chi connectivity index (χ0n) is 19.4. The van der Waals surface area contributed by atoms with Gasteiger partial charge in [-0.1, -0.05) is 22.0 Å². The number of alkyl halides is 3. The van der Waals surface area contributed by atoms with E-state index < -0.39 is 30.2 Å². The van der Waals surface area contributed by atoms with Crippen molar-refractivity contribution in [3.8, 4) is 11.5 Å². The molecular weight excluding hydrogens is 557 g/mol. The molecule has 3 aromatic rings. The van der Waals surface area contributed by atoms with Gasteiger partial charge in [-0.3, -0.25) is 4.79 Å². The Morgan fingerprint density at radius 3 is 2.41 bits per heavy atom. The summed E-state index contributed by atoms with van der Waals surface area (Å²) in [5, 5.41) is 8.93. The summed E-state index contributed by atoms with van der Waals surface area (Å²) in [7, 11) is 0. The monoisotopic (exact) mass is 578 g/mol. The Morgan fingerprint density at radius 2 is 1.76 bits per heavy atom. The predicted molar refractivity (Wildman–Crippen MR) is 135 cm³/mol. The van der Waals surface area contributed by atoms with Crippen molar-refractivity contribution in [2.24, 2.45) is 0 Å². The Morgan fingerprint density at radius 1 is 1.05 bits per heavy atom. The highest BCUT2D eigenvalue weighted by atomic mass is 79.9. The van der Waals surface area contributed by atoms with Gasteiger partial charge in [0.25, 0.3) is 5.91 Å². The Hall–Kier alpha value is -3.73. The number of halogens is 4. The molecule has 0 aromatic heterocycles. The third-order valence-electron chi connectivity index (χ3n) is 5.69. The minimum absolute atomic E-state index is 0.127. The van der Waals surface area contributed by atoms with Crippen LogP contribution in [0.4, 0.5) is 24.5 Å². The van der Waals surface area contributed by atoms with E-state index in [1.165, 1.54) is 17.0 Å². The first-order valence-corrected chi connectivity index (χ1v) is 12.0. The van der Waals surface area contributed by atoms with Crippen molar-refractivity contribution < 1.29 is 37.3 Å². The second-order valence-corrected chi connectivity index (χ2v) is 9.05. The number of carbonyl (C=O) groups excluding carboxylic acids is 1. The van der Waals surface area contributed by atoms with Gasteiger partial charge >= 0.3 is 12.1 Å². The van der Waals surface area contributed by atoms with Crippen LogP contribution in [0.15, 0.2) is 71.2 Å². The van der Waals surface area contributed by atoms with Crippen molar-refractivity contribution >= 4 is 39.2 Å². The van der Waals surface area contributed by atoms with Gasteiger partial charge in [-0.25, -0.2) is 4.79 Å². The molecule has 1 aliphatic heterocycles. The first-order valence-electron chi connectivity index (χ1n) is 11.2. The molecule has 7 nitrogen and oxygen atoms in total. The highest BCUT2D eigenvalue weighted by molar-refractivity contribution is 9.10. The third kappa shape index (κ3) is 6.34. The summed E-state index contributed by atoms with van der Waals surface area (Å²) in [6.45, 7) is 0.921. The van der Waals surface area contributed by atoms with Gasteiger partial charge in [0, 0.05) is 28.8 Å². The summed E-state index contributed by atoms with van der Waals surface area (Å²) in [6.07, 6.45) is -4.50. The molecule has 1 aliphatic rings. The summed E-state index contributed by atoms with van der Waals surface area (Å²) >= 11 is 3.37. The van der Waals surface area contributed by atoms with E-state index in [1.807, 2.05) is 11.0 Å². The SMILES string of the molecule is O=C(O)COc1cccc2c1OCCN2CCN(C(=O)c1ccc(C(F)(F)F)cc1)c1ccc(Br)cc1. The number of para-hydroxylation sites is 1. The quantitative estimate of drug-likeness (QED) is 0.381. The molecule has 0 spiro atoms. The van der Waals surface area contributed by atoms with E-state index in [2.05, 4.69) is 15.9 Å². The van der Waals surface area contributed by atoms with E-state index in [-0.39, 0.29) is 12.1 Å². The summed E-state index contributed by atoms with van der Waals surface area (Å²) in [5.74, 6) is -0.838. The fraction of sp³-hybridized carbons (Fsp3) is 0.231. The molecular formula is C26H22BrF3N2O5. The molecule has 0 bridgehead atoms. The zero-order valence-corrected chi connectivity index (χ0v) is 21.0. The molecule has 194 valence electrons. The first kappa shape index (κ1) is 26.3. The number of anilines is 2. The lowest BCUT2D eigenvalue weighted by atomic mass is 10.1. The van der Waals surface area contributed by atoms with E-state index in [0.717, 1.165) is 16.6 Å². The fourth-order valence-electron chi connectivity index (χ4n) is 3.91. The van der Waals surface area contributed by atoms with E-state index in [0.29, 0.717) is 42.6 Å². The van der Waals surface area contributed by atoms with Crippen LogP contribution in [0.5, 0.6) is 11.5 Å². The predicted octanol–water partition coefficient (Wildman–Crippen LogP) is 5.48. The van der Waals surface area contributed by atoms with Crippen molar-refractivity contribution in [3.63, 3.8) is 0 Å². The molecule has 4 rings (SSSR count). The van der Waals surface area contributed by atoms with Crippen LogP contribution in [0.25, 0.3) is 0 Å². The number of carboxylic acids is 1. The third-order valence-corrected chi connectivity index (χ3v) is 6.22. The lowest BCUT2D eigenvalue weighted by molar-refractivity contribution is -0.139. The van der Waals surface area contributed by atoms with Crippen LogP contribution in [0.2, 0.25) is 0 Å². The highest BCUT2D eigenvalue weighted by Crippen LogP contribution is 2.40. The summed E-state index contributed by atoms with van der Waals surface area (Å²) in [6, 6.07) is 16.3. The van der Waals surface area contributed by atoms with Crippen LogP contribution in [-0.4, -0.2) is 49.8 Å². The highest BCUT2D eigenvalue weighted by Gasteiger charge is 2.31. The van der Waals surface area contributed by atoms with E-state index in [4.69, 9.17) is 14.6 Å². The van der Waals surface area contributed by atoms with Gasteiger partial charge in [0.1, 0.15) is 6.61 Å². The molecule has 0 saturated heterocycles. The van der Waals surface area contributed by atoms with E-state index in [1.54, 1.807) is 36.4 Å². The average molecular weight is 579 g/mol. The smallest absolute Gasteiger partial charge is 0.416 e. The number of hydrogen-bond acceptors (Lipinski definition) is 5. The van der Waals surface area contributed by atoms with Gasteiger partial charge in [0.2, 0.25) is 0 Å². The molecule has 0 atom stereocenters. The van der Waals surface area contributed by atoms with Gasteiger partial charge in [-0.15, -0.1) is 0 Å². The zero-order chi connectivity index (χ0) is 26.6. The van der Waals surface area contributed by atoms with E-state index >= 15 is 0 Å². The maximum Gasteiger partial charge on any atom is 0.416 e. The van der Waals surface area contributed by atoms with E-state index in [9.17, 15) is 22.8 Å². The number of aliphatic carboxylic acids is 1. The molecule has 1 N–H and O–H groups in total.